The van der Waals surface area contributed by atoms with E-state index in [1.54, 1.807) is 50.8 Å². The molecule has 1 aromatic carbocycles. The van der Waals surface area contributed by atoms with Gasteiger partial charge in [0.1, 0.15) is 15.9 Å². The molecule has 1 fully saturated rings. The van der Waals surface area contributed by atoms with Crippen molar-refractivity contribution in [3.63, 3.8) is 0 Å². The van der Waals surface area contributed by atoms with Crippen molar-refractivity contribution in [1.29, 1.82) is 0 Å². The maximum atomic E-state index is 12.9. The van der Waals surface area contributed by atoms with E-state index >= 15 is 0 Å². The van der Waals surface area contributed by atoms with E-state index < -0.39 is 10.0 Å². The quantitative estimate of drug-likeness (QED) is 0.388. The molecule has 1 aliphatic heterocycles. The molecule has 4 aromatic heterocycles. The zero-order valence-corrected chi connectivity index (χ0v) is 19.9. The van der Waals surface area contributed by atoms with Crippen LogP contribution in [0.5, 0.6) is 0 Å². The van der Waals surface area contributed by atoms with Gasteiger partial charge in [0.05, 0.1) is 10.4 Å². The number of benzene rings is 1. The zero-order valence-electron chi connectivity index (χ0n) is 18.3. The summed E-state index contributed by atoms with van der Waals surface area (Å²) in [4.78, 5) is 15.5. The van der Waals surface area contributed by atoms with Gasteiger partial charge in [-0.3, -0.25) is 0 Å². The molecule has 0 bridgehead atoms. The van der Waals surface area contributed by atoms with Gasteiger partial charge in [0.2, 0.25) is 10.0 Å². The number of aryl methyl sites for hydroxylation is 2. The van der Waals surface area contributed by atoms with Crippen molar-refractivity contribution >= 4 is 47.4 Å². The predicted octanol–water partition coefficient (Wildman–Crippen LogP) is 4.07. The number of pyridine rings is 1. The fourth-order valence-electron chi connectivity index (χ4n) is 4.65. The topological polar surface area (TPSA) is 93.4 Å². The standard InChI is InChI=1S/C23H22N6O2S2/c1-14-12-15(2)25-23-18(14)19-20(32-23)22-26-21(27-29(22)13-24-19)16-8-10-28(11-9-16)33(30,31)17-6-4-3-5-7-17/h3-7,12-13,16H,8-11H2,1-2H3. The highest BCUT2D eigenvalue weighted by Crippen LogP contribution is 2.36. The van der Waals surface area contributed by atoms with E-state index in [-0.39, 0.29) is 5.92 Å². The molecule has 0 atom stereocenters. The monoisotopic (exact) mass is 478 g/mol. The summed E-state index contributed by atoms with van der Waals surface area (Å²) in [7, 11) is -3.47. The molecule has 0 spiro atoms. The van der Waals surface area contributed by atoms with E-state index in [1.165, 1.54) is 0 Å². The Morgan fingerprint density at radius 3 is 2.58 bits per heavy atom. The Morgan fingerprint density at radius 2 is 1.82 bits per heavy atom. The minimum absolute atomic E-state index is 0.110. The third-order valence-electron chi connectivity index (χ3n) is 6.31. The lowest BCUT2D eigenvalue weighted by atomic mass is 9.98. The van der Waals surface area contributed by atoms with Crippen molar-refractivity contribution in [2.45, 2.75) is 37.5 Å². The van der Waals surface area contributed by atoms with Crippen LogP contribution in [0.15, 0.2) is 47.6 Å². The molecule has 33 heavy (non-hydrogen) atoms. The van der Waals surface area contributed by atoms with Crippen molar-refractivity contribution in [1.82, 2.24) is 28.9 Å². The predicted molar refractivity (Wildman–Crippen MR) is 128 cm³/mol. The molecule has 0 amide bonds. The highest BCUT2D eigenvalue weighted by molar-refractivity contribution is 7.89. The second-order valence-corrected chi connectivity index (χ2v) is 11.5. The normalized spacial score (nSPS) is 16.3. The Balaban J connectivity index is 1.32. The second kappa shape index (κ2) is 7.54. The van der Waals surface area contributed by atoms with Crippen molar-refractivity contribution in [3.05, 3.63) is 59.8 Å². The Morgan fingerprint density at radius 1 is 1.06 bits per heavy atom. The van der Waals surface area contributed by atoms with Gasteiger partial charge in [-0.15, -0.1) is 16.4 Å². The van der Waals surface area contributed by atoms with E-state index in [9.17, 15) is 8.42 Å². The molecule has 0 radical (unpaired) electrons. The molecule has 168 valence electrons. The summed E-state index contributed by atoms with van der Waals surface area (Å²) in [6.45, 7) is 4.99. The number of thiophene rings is 1. The number of nitrogens with zero attached hydrogens (tertiary/aromatic N) is 6. The molecule has 8 nitrogen and oxygen atoms in total. The van der Waals surface area contributed by atoms with Gasteiger partial charge < -0.3 is 0 Å². The molecular weight excluding hydrogens is 456 g/mol. The number of piperidine rings is 1. The third kappa shape index (κ3) is 3.32. The summed E-state index contributed by atoms with van der Waals surface area (Å²) in [5.41, 5.74) is 3.85. The van der Waals surface area contributed by atoms with Crippen LogP contribution in [0.4, 0.5) is 0 Å². The van der Waals surface area contributed by atoms with Gasteiger partial charge in [0.25, 0.3) is 0 Å². The van der Waals surface area contributed by atoms with Gasteiger partial charge in [-0.1, -0.05) is 18.2 Å². The first-order chi connectivity index (χ1) is 15.9. The van der Waals surface area contributed by atoms with Gasteiger partial charge >= 0.3 is 0 Å². The lowest BCUT2D eigenvalue weighted by Gasteiger charge is -2.29. The first-order valence-corrected chi connectivity index (χ1v) is 13.1. The third-order valence-corrected chi connectivity index (χ3v) is 9.29. The number of rotatable bonds is 3. The molecule has 1 saturated heterocycles. The molecule has 1 aliphatic rings. The highest BCUT2D eigenvalue weighted by Gasteiger charge is 2.31. The maximum Gasteiger partial charge on any atom is 0.243 e. The minimum atomic E-state index is -3.47. The molecule has 0 aliphatic carbocycles. The van der Waals surface area contributed by atoms with Crippen molar-refractivity contribution in [2.24, 2.45) is 0 Å². The summed E-state index contributed by atoms with van der Waals surface area (Å²) in [6.07, 6.45) is 3.09. The van der Waals surface area contributed by atoms with Gasteiger partial charge in [0.15, 0.2) is 11.5 Å². The van der Waals surface area contributed by atoms with Crippen LogP contribution in [0.2, 0.25) is 0 Å². The number of fused-ring (bicyclic) bond motifs is 5. The summed E-state index contributed by atoms with van der Waals surface area (Å²) in [6, 6.07) is 10.7. The smallest absolute Gasteiger partial charge is 0.242 e. The molecule has 0 N–H and O–H groups in total. The van der Waals surface area contributed by atoms with Gasteiger partial charge in [-0.05, 0) is 50.5 Å². The molecular formula is C23H22N6O2S2. The molecule has 5 aromatic rings. The molecule has 6 rings (SSSR count). The molecule has 0 saturated carbocycles. The number of sulfonamides is 1. The lowest BCUT2D eigenvalue weighted by Crippen LogP contribution is -2.38. The fourth-order valence-corrected chi connectivity index (χ4v) is 7.37. The summed E-state index contributed by atoms with van der Waals surface area (Å²) in [5.74, 6) is 0.859. The summed E-state index contributed by atoms with van der Waals surface area (Å²) < 4.78 is 30.2. The van der Waals surface area contributed by atoms with Crippen LogP contribution < -0.4 is 0 Å². The van der Waals surface area contributed by atoms with E-state index in [0.717, 1.165) is 43.2 Å². The van der Waals surface area contributed by atoms with E-state index in [1.807, 2.05) is 13.0 Å². The lowest BCUT2D eigenvalue weighted by molar-refractivity contribution is 0.313. The molecule has 10 heteroatoms. The molecule has 0 unspecified atom stereocenters. The van der Waals surface area contributed by atoms with E-state index in [2.05, 4.69) is 18.0 Å². The van der Waals surface area contributed by atoms with Gasteiger partial charge in [-0.25, -0.2) is 27.9 Å². The van der Waals surface area contributed by atoms with E-state index in [4.69, 9.17) is 15.1 Å². The Bertz CT molecular complexity index is 1620. The van der Waals surface area contributed by atoms with Crippen LogP contribution in [-0.4, -0.2) is 50.4 Å². The number of hydrogen-bond acceptors (Lipinski definition) is 7. The first kappa shape index (κ1) is 20.6. The summed E-state index contributed by atoms with van der Waals surface area (Å²) in [5, 5.41) is 5.78. The van der Waals surface area contributed by atoms with Crippen molar-refractivity contribution in [3.8, 4) is 0 Å². The van der Waals surface area contributed by atoms with Crippen LogP contribution in [0.1, 0.15) is 35.8 Å². The summed E-state index contributed by atoms with van der Waals surface area (Å²) >= 11 is 1.60. The SMILES string of the molecule is Cc1cc(C)c2c(n1)sc1c2ncn2nc(C3CCN(S(=O)(=O)c4ccccc4)CC3)nc12. The largest absolute Gasteiger partial charge is 0.243 e. The van der Waals surface area contributed by atoms with Gasteiger partial charge in [0, 0.05) is 30.1 Å². The average molecular weight is 479 g/mol. The average Bonchev–Trinajstić information content (AvgIpc) is 3.41. The Hall–Kier alpha value is -2.95. The van der Waals surface area contributed by atoms with Crippen LogP contribution in [0.3, 0.4) is 0 Å². The van der Waals surface area contributed by atoms with Crippen molar-refractivity contribution < 1.29 is 8.42 Å². The maximum absolute atomic E-state index is 12.9. The second-order valence-electron chi connectivity index (χ2n) is 8.51. The number of aromatic nitrogens is 5. The first-order valence-electron chi connectivity index (χ1n) is 10.9. The van der Waals surface area contributed by atoms with Gasteiger partial charge in [-0.2, -0.15) is 4.31 Å². The Labute approximate surface area is 195 Å². The highest BCUT2D eigenvalue weighted by atomic mass is 32.2. The van der Waals surface area contributed by atoms with Crippen LogP contribution in [0.25, 0.3) is 26.1 Å². The fraction of sp³-hybridized carbons (Fsp3) is 0.304. The zero-order chi connectivity index (χ0) is 22.7. The molecule has 5 heterocycles. The number of hydrogen-bond donors (Lipinski definition) is 0. The minimum Gasteiger partial charge on any atom is -0.242 e. The van der Waals surface area contributed by atoms with Crippen LogP contribution in [0, 0.1) is 13.8 Å². The van der Waals surface area contributed by atoms with Crippen LogP contribution >= 0.6 is 11.3 Å². The van der Waals surface area contributed by atoms with Crippen molar-refractivity contribution in [2.75, 3.05) is 13.1 Å². The van der Waals surface area contributed by atoms with Crippen LogP contribution in [-0.2, 0) is 10.0 Å². The van der Waals surface area contributed by atoms with E-state index in [0.29, 0.717) is 30.8 Å². The Kier molecular flexibility index (Phi) is 4.72.